The van der Waals surface area contributed by atoms with E-state index in [1.807, 2.05) is 42.5 Å². The van der Waals surface area contributed by atoms with Gasteiger partial charge in [-0.1, -0.05) is 72.0 Å². The Kier molecular flexibility index (Phi) is 3.29. The maximum absolute atomic E-state index is 4.67. The second-order valence-corrected chi connectivity index (χ2v) is 5.96. The number of aromatic nitrogens is 1. The van der Waals surface area contributed by atoms with E-state index >= 15 is 0 Å². The van der Waals surface area contributed by atoms with Crippen molar-refractivity contribution in [1.82, 2.24) is 4.98 Å². The van der Waals surface area contributed by atoms with Gasteiger partial charge in [-0.25, -0.2) is 4.98 Å². The molecule has 106 valence electrons. The highest BCUT2D eigenvalue weighted by Gasteiger charge is 2.06. The summed E-state index contributed by atoms with van der Waals surface area (Å²) in [6.45, 7) is 0. The van der Waals surface area contributed by atoms with Crippen LogP contribution in [0.1, 0.15) is 5.56 Å². The van der Waals surface area contributed by atoms with E-state index in [1.165, 1.54) is 10.8 Å². The zero-order valence-electron chi connectivity index (χ0n) is 11.7. The molecule has 0 saturated carbocycles. The molecular formula is C18H13N3S. The Morgan fingerprint density at radius 1 is 0.909 bits per heavy atom. The Morgan fingerprint density at radius 2 is 1.73 bits per heavy atom. The van der Waals surface area contributed by atoms with Crippen LogP contribution in [0.5, 0.6) is 0 Å². The van der Waals surface area contributed by atoms with Gasteiger partial charge in [0.2, 0.25) is 5.13 Å². The number of hydrazone groups is 1. The first-order chi connectivity index (χ1) is 10.9. The van der Waals surface area contributed by atoms with Crippen LogP contribution in [0.25, 0.3) is 21.0 Å². The van der Waals surface area contributed by atoms with Crippen LogP contribution in [0.4, 0.5) is 5.13 Å². The van der Waals surface area contributed by atoms with Crippen molar-refractivity contribution < 1.29 is 0 Å². The molecule has 1 heterocycles. The van der Waals surface area contributed by atoms with Gasteiger partial charge in [0.05, 0.1) is 16.4 Å². The van der Waals surface area contributed by atoms with Gasteiger partial charge in [0.25, 0.3) is 0 Å². The Hall–Kier alpha value is -2.72. The van der Waals surface area contributed by atoms with E-state index in [2.05, 4.69) is 39.8 Å². The fraction of sp³-hybridized carbons (Fsp3) is 0. The van der Waals surface area contributed by atoms with Gasteiger partial charge >= 0.3 is 0 Å². The van der Waals surface area contributed by atoms with Crippen molar-refractivity contribution >= 4 is 43.7 Å². The summed E-state index contributed by atoms with van der Waals surface area (Å²) >= 11 is 1.61. The molecule has 0 radical (unpaired) electrons. The number of nitrogens with one attached hydrogen (secondary N) is 1. The fourth-order valence-corrected chi connectivity index (χ4v) is 3.24. The number of rotatable bonds is 3. The second-order valence-electron chi connectivity index (χ2n) is 4.93. The SMILES string of the molecule is C(=N\Nc1nc2c(ccc3ccccc32)s1)/c1ccccc1. The van der Waals surface area contributed by atoms with Crippen LogP contribution in [0.3, 0.4) is 0 Å². The summed E-state index contributed by atoms with van der Waals surface area (Å²) in [5, 5.41) is 7.45. The van der Waals surface area contributed by atoms with Crippen LogP contribution in [-0.4, -0.2) is 11.2 Å². The lowest BCUT2D eigenvalue weighted by molar-refractivity contribution is 1.31. The molecule has 4 aromatic rings. The molecule has 4 heteroatoms. The Morgan fingerprint density at radius 3 is 2.64 bits per heavy atom. The number of anilines is 1. The van der Waals surface area contributed by atoms with Gasteiger partial charge in [0, 0.05) is 5.39 Å². The Bertz CT molecular complexity index is 958. The summed E-state index contributed by atoms with van der Waals surface area (Å²) in [5.41, 5.74) is 5.11. The number of nitrogens with zero attached hydrogens (tertiary/aromatic N) is 2. The van der Waals surface area contributed by atoms with E-state index in [0.717, 1.165) is 20.9 Å². The fourth-order valence-electron chi connectivity index (χ4n) is 2.41. The largest absolute Gasteiger partial charge is 0.253 e. The molecule has 1 N–H and O–H groups in total. The van der Waals surface area contributed by atoms with Gasteiger partial charge in [-0.15, -0.1) is 0 Å². The number of hydrogen-bond acceptors (Lipinski definition) is 4. The third kappa shape index (κ3) is 2.44. The summed E-state index contributed by atoms with van der Waals surface area (Å²) < 4.78 is 1.16. The molecule has 4 rings (SSSR count). The monoisotopic (exact) mass is 303 g/mol. The smallest absolute Gasteiger partial charge is 0.204 e. The third-order valence-electron chi connectivity index (χ3n) is 3.46. The van der Waals surface area contributed by atoms with Crippen LogP contribution in [0.15, 0.2) is 71.8 Å². The van der Waals surface area contributed by atoms with E-state index in [0.29, 0.717) is 0 Å². The van der Waals surface area contributed by atoms with Gasteiger partial charge in [0.1, 0.15) is 0 Å². The molecule has 3 aromatic carbocycles. The van der Waals surface area contributed by atoms with Crippen molar-refractivity contribution in [3.05, 3.63) is 72.3 Å². The zero-order valence-corrected chi connectivity index (χ0v) is 12.5. The number of fused-ring (bicyclic) bond motifs is 3. The molecule has 0 amide bonds. The van der Waals surface area contributed by atoms with E-state index < -0.39 is 0 Å². The van der Waals surface area contributed by atoms with Crippen molar-refractivity contribution in [1.29, 1.82) is 0 Å². The van der Waals surface area contributed by atoms with Crippen LogP contribution >= 0.6 is 11.3 Å². The number of benzene rings is 3. The lowest BCUT2D eigenvalue weighted by Crippen LogP contribution is -1.89. The van der Waals surface area contributed by atoms with Gasteiger partial charge in [-0.2, -0.15) is 5.10 Å². The molecule has 0 atom stereocenters. The maximum atomic E-state index is 4.67. The van der Waals surface area contributed by atoms with E-state index in [1.54, 1.807) is 17.6 Å². The molecule has 0 bridgehead atoms. The molecule has 0 aliphatic carbocycles. The second kappa shape index (κ2) is 5.58. The predicted molar refractivity (Wildman–Crippen MR) is 94.8 cm³/mol. The summed E-state index contributed by atoms with van der Waals surface area (Å²) in [7, 11) is 0. The highest BCUT2D eigenvalue weighted by molar-refractivity contribution is 7.22. The Balaban J connectivity index is 1.65. The van der Waals surface area contributed by atoms with Crippen LogP contribution in [-0.2, 0) is 0 Å². The average Bonchev–Trinajstić information content (AvgIpc) is 2.99. The third-order valence-corrected chi connectivity index (χ3v) is 4.38. The number of thiazole rings is 1. The van der Waals surface area contributed by atoms with Crippen molar-refractivity contribution in [2.24, 2.45) is 5.10 Å². The molecule has 0 aliphatic rings. The summed E-state index contributed by atoms with van der Waals surface area (Å²) in [4.78, 5) is 4.67. The van der Waals surface area contributed by atoms with E-state index in [9.17, 15) is 0 Å². The van der Waals surface area contributed by atoms with Gasteiger partial charge < -0.3 is 0 Å². The standard InChI is InChI=1S/C18H13N3S/c1-2-6-13(7-3-1)12-19-21-18-20-17-15-9-5-4-8-14(15)10-11-16(17)22-18/h1-12H,(H,20,21)/b19-12+. The first-order valence-electron chi connectivity index (χ1n) is 7.02. The maximum Gasteiger partial charge on any atom is 0.204 e. The molecule has 22 heavy (non-hydrogen) atoms. The quantitative estimate of drug-likeness (QED) is 0.432. The highest BCUT2D eigenvalue weighted by Crippen LogP contribution is 2.31. The van der Waals surface area contributed by atoms with E-state index in [4.69, 9.17) is 0 Å². The molecule has 3 nitrogen and oxygen atoms in total. The molecule has 0 unspecified atom stereocenters. The van der Waals surface area contributed by atoms with Gasteiger partial charge in [-0.05, 0) is 17.0 Å². The predicted octanol–water partition coefficient (Wildman–Crippen LogP) is 4.90. The molecule has 0 saturated heterocycles. The van der Waals surface area contributed by atoms with Gasteiger partial charge in [0.15, 0.2) is 0 Å². The highest BCUT2D eigenvalue weighted by atomic mass is 32.1. The van der Waals surface area contributed by atoms with Gasteiger partial charge in [-0.3, -0.25) is 5.43 Å². The molecule has 0 spiro atoms. The summed E-state index contributed by atoms with van der Waals surface area (Å²) in [6, 6.07) is 22.5. The molecular weight excluding hydrogens is 290 g/mol. The van der Waals surface area contributed by atoms with Crippen LogP contribution in [0, 0.1) is 0 Å². The topological polar surface area (TPSA) is 37.3 Å². The summed E-state index contributed by atoms with van der Waals surface area (Å²) in [6.07, 6.45) is 1.80. The summed E-state index contributed by atoms with van der Waals surface area (Å²) in [5.74, 6) is 0. The van der Waals surface area contributed by atoms with Crippen molar-refractivity contribution in [3.8, 4) is 0 Å². The van der Waals surface area contributed by atoms with Crippen molar-refractivity contribution in [2.45, 2.75) is 0 Å². The zero-order chi connectivity index (χ0) is 14.8. The Labute approximate surface area is 131 Å². The van der Waals surface area contributed by atoms with Crippen molar-refractivity contribution in [2.75, 3.05) is 5.43 Å². The first kappa shape index (κ1) is 13.0. The molecule has 0 fully saturated rings. The lowest BCUT2D eigenvalue weighted by Gasteiger charge is -1.96. The minimum Gasteiger partial charge on any atom is -0.253 e. The minimum absolute atomic E-state index is 0.804. The normalized spacial score (nSPS) is 11.5. The lowest BCUT2D eigenvalue weighted by atomic mass is 10.1. The number of hydrogen-bond donors (Lipinski definition) is 1. The van der Waals surface area contributed by atoms with E-state index in [-0.39, 0.29) is 0 Å². The molecule has 1 aromatic heterocycles. The molecule has 0 aliphatic heterocycles. The first-order valence-corrected chi connectivity index (χ1v) is 7.84. The minimum atomic E-state index is 0.804. The van der Waals surface area contributed by atoms with Crippen molar-refractivity contribution in [3.63, 3.8) is 0 Å². The average molecular weight is 303 g/mol. The van der Waals surface area contributed by atoms with Crippen LogP contribution < -0.4 is 5.43 Å². The van der Waals surface area contributed by atoms with Crippen LogP contribution in [0.2, 0.25) is 0 Å².